The number of nitrogens with one attached hydrogen (secondary N) is 2. The van der Waals surface area contributed by atoms with Crippen LogP contribution in [0.1, 0.15) is 26.3 Å². The molecule has 3 aromatic carbocycles. The fraction of sp³-hybridized carbons (Fsp3) is 0.148. The van der Waals surface area contributed by atoms with Gasteiger partial charge in [-0.3, -0.25) is 14.4 Å². The van der Waals surface area contributed by atoms with E-state index in [1.807, 2.05) is 0 Å². The molecule has 1 aliphatic rings. The molecule has 11 heteroatoms. The number of hydrogen-bond donors (Lipinski definition) is 2. The van der Waals surface area contributed by atoms with Crippen LogP contribution in [0.4, 0.5) is 5.69 Å². The van der Waals surface area contributed by atoms with Crippen molar-refractivity contribution in [1.82, 2.24) is 10.3 Å². The van der Waals surface area contributed by atoms with Crippen molar-refractivity contribution in [3.8, 4) is 5.75 Å². The van der Waals surface area contributed by atoms with Crippen LogP contribution < -0.4 is 15.5 Å². The average Bonchev–Trinajstić information content (AvgIpc) is 2.94. The minimum absolute atomic E-state index is 0.224. The van der Waals surface area contributed by atoms with Gasteiger partial charge in [-0.1, -0.05) is 28.1 Å². The van der Waals surface area contributed by atoms with Crippen LogP contribution in [0, 0.1) is 0 Å². The summed E-state index contributed by atoms with van der Waals surface area (Å²) < 4.78 is 11.5. The molecule has 0 atom stereocenters. The highest BCUT2D eigenvalue weighted by Gasteiger charge is 2.23. The molecular weight excluding hydrogens is 556 g/mol. The summed E-state index contributed by atoms with van der Waals surface area (Å²) in [4.78, 5) is 51.3. The number of ether oxygens (including phenoxy) is 2. The van der Waals surface area contributed by atoms with Crippen molar-refractivity contribution in [2.24, 2.45) is 5.10 Å². The molecule has 1 heterocycles. The third-order valence-electron chi connectivity index (χ3n) is 5.46. The van der Waals surface area contributed by atoms with E-state index in [2.05, 4.69) is 31.8 Å². The highest BCUT2D eigenvalue weighted by Crippen LogP contribution is 2.18. The Labute approximate surface area is 226 Å². The fourth-order valence-electron chi connectivity index (χ4n) is 3.48. The Hall–Kier alpha value is -4.35. The van der Waals surface area contributed by atoms with Gasteiger partial charge in [0.1, 0.15) is 5.75 Å². The van der Waals surface area contributed by atoms with Gasteiger partial charge in [-0.2, -0.15) is 5.10 Å². The molecule has 4 rings (SSSR count). The van der Waals surface area contributed by atoms with E-state index in [0.29, 0.717) is 43.2 Å². The van der Waals surface area contributed by atoms with Gasteiger partial charge < -0.3 is 19.7 Å². The molecule has 1 fully saturated rings. The van der Waals surface area contributed by atoms with Crippen molar-refractivity contribution in [3.63, 3.8) is 0 Å². The molecule has 10 nitrogen and oxygen atoms in total. The monoisotopic (exact) mass is 578 g/mol. The summed E-state index contributed by atoms with van der Waals surface area (Å²) in [6.07, 6.45) is 1.33. The molecule has 0 aliphatic carbocycles. The van der Waals surface area contributed by atoms with E-state index < -0.39 is 17.8 Å². The van der Waals surface area contributed by atoms with Crippen molar-refractivity contribution >= 4 is 51.5 Å². The van der Waals surface area contributed by atoms with Crippen LogP contribution in [-0.2, 0) is 14.3 Å². The second-order valence-corrected chi connectivity index (χ2v) is 8.98. The van der Waals surface area contributed by atoms with Gasteiger partial charge in [0.25, 0.3) is 5.91 Å². The molecule has 2 N–H and O–H groups in total. The average molecular weight is 579 g/mol. The molecule has 3 amide bonds. The number of carbonyl (C=O) groups excluding carboxylic acids is 4. The van der Waals surface area contributed by atoms with Gasteiger partial charge in [-0.05, 0) is 66.2 Å². The van der Waals surface area contributed by atoms with Crippen LogP contribution in [0.2, 0.25) is 0 Å². The molecule has 3 aromatic rings. The minimum atomic E-state index is -1.00. The van der Waals surface area contributed by atoms with E-state index in [1.165, 1.54) is 6.21 Å². The number of hydrazone groups is 1. The van der Waals surface area contributed by atoms with Crippen LogP contribution >= 0.6 is 15.9 Å². The number of anilines is 1. The maximum absolute atomic E-state index is 12.8. The molecule has 194 valence electrons. The lowest BCUT2D eigenvalue weighted by Gasteiger charge is -2.27. The van der Waals surface area contributed by atoms with E-state index in [0.717, 1.165) is 4.47 Å². The highest BCUT2D eigenvalue weighted by molar-refractivity contribution is 9.10. The number of nitrogens with zero attached hydrogens (tertiary/aromatic N) is 2. The first kappa shape index (κ1) is 26.7. The molecule has 0 aromatic heterocycles. The smallest absolute Gasteiger partial charge is 0.343 e. The fourth-order valence-corrected chi connectivity index (χ4v) is 3.75. The van der Waals surface area contributed by atoms with Crippen molar-refractivity contribution < 1.29 is 28.7 Å². The van der Waals surface area contributed by atoms with Gasteiger partial charge in [0.2, 0.25) is 0 Å². The number of esters is 1. The first-order chi connectivity index (χ1) is 18.4. The Kier molecular flexibility index (Phi) is 8.96. The molecule has 0 unspecified atom stereocenters. The summed E-state index contributed by atoms with van der Waals surface area (Å²) in [5.74, 6) is -2.39. The van der Waals surface area contributed by atoms with E-state index in [4.69, 9.17) is 9.47 Å². The predicted molar refractivity (Wildman–Crippen MR) is 143 cm³/mol. The van der Waals surface area contributed by atoms with Gasteiger partial charge in [-0.25, -0.2) is 10.2 Å². The van der Waals surface area contributed by atoms with E-state index in [9.17, 15) is 19.2 Å². The summed E-state index contributed by atoms with van der Waals surface area (Å²) in [7, 11) is 0. The van der Waals surface area contributed by atoms with Gasteiger partial charge in [-0.15, -0.1) is 0 Å². The summed E-state index contributed by atoms with van der Waals surface area (Å²) in [6.45, 7) is 1.79. The molecule has 0 spiro atoms. The summed E-state index contributed by atoms with van der Waals surface area (Å²) >= 11 is 3.31. The van der Waals surface area contributed by atoms with Crippen molar-refractivity contribution in [1.29, 1.82) is 0 Å². The lowest BCUT2D eigenvalue weighted by atomic mass is 10.1. The number of rotatable bonds is 6. The van der Waals surface area contributed by atoms with E-state index in [-0.39, 0.29) is 17.2 Å². The van der Waals surface area contributed by atoms with E-state index in [1.54, 1.807) is 77.7 Å². The third kappa shape index (κ3) is 7.11. The Balaban J connectivity index is 1.30. The minimum Gasteiger partial charge on any atom is -0.423 e. The molecule has 0 saturated carbocycles. The van der Waals surface area contributed by atoms with Crippen molar-refractivity contribution in [2.75, 3.05) is 31.6 Å². The number of carbonyl (C=O) groups is 4. The number of amides is 3. The SMILES string of the molecule is O=C(NN=Cc1ccc(OC(=O)c2ccc(Br)cc2)cc1)C(=O)Nc1ccccc1C(=O)N1CCOCC1. The van der Waals surface area contributed by atoms with Gasteiger partial charge in [0.15, 0.2) is 0 Å². The largest absolute Gasteiger partial charge is 0.423 e. The second kappa shape index (κ2) is 12.7. The predicted octanol–water partition coefficient (Wildman–Crippen LogP) is 3.23. The normalized spacial score (nSPS) is 13.1. The number of hydrogen-bond acceptors (Lipinski definition) is 7. The zero-order valence-electron chi connectivity index (χ0n) is 20.1. The van der Waals surface area contributed by atoms with Crippen molar-refractivity contribution in [2.45, 2.75) is 0 Å². The second-order valence-electron chi connectivity index (χ2n) is 8.07. The molecular formula is C27H23BrN4O6. The Morgan fingerprint density at radius 3 is 2.29 bits per heavy atom. The quantitative estimate of drug-likeness (QED) is 0.152. The summed E-state index contributed by atoms with van der Waals surface area (Å²) in [5, 5.41) is 6.26. The van der Waals surface area contributed by atoms with E-state index >= 15 is 0 Å². The number of para-hydroxylation sites is 1. The highest BCUT2D eigenvalue weighted by atomic mass is 79.9. The maximum Gasteiger partial charge on any atom is 0.343 e. The number of halogens is 1. The maximum atomic E-state index is 12.8. The molecule has 0 radical (unpaired) electrons. The number of morpholine rings is 1. The van der Waals surface area contributed by atoms with Gasteiger partial charge in [0.05, 0.1) is 36.2 Å². The Morgan fingerprint density at radius 1 is 0.895 bits per heavy atom. The number of benzene rings is 3. The topological polar surface area (TPSA) is 126 Å². The Morgan fingerprint density at radius 2 is 1.58 bits per heavy atom. The van der Waals surface area contributed by atoms with Crippen LogP contribution in [0.5, 0.6) is 5.75 Å². The van der Waals surface area contributed by atoms with Crippen LogP contribution in [0.3, 0.4) is 0 Å². The van der Waals surface area contributed by atoms with Gasteiger partial charge in [0, 0.05) is 17.6 Å². The van der Waals surface area contributed by atoms with Crippen LogP contribution in [-0.4, -0.2) is 61.1 Å². The molecule has 0 bridgehead atoms. The molecule has 1 saturated heterocycles. The van der Waals surface area contributed by atoms with Gasteiger partial charge >= 0.3 is 17.8 Å². The van der Waals surface area contributed by atoms with Crippen LogP contribution in [0.25, 0.3) is 0 Å². The first-order valence-corrected chi connectivity index (χ1v) is 12.4. The Bertz CT molecular complexity index is 1350. The molecule has 1 aliphatic heterocycles. The molecule has 38 heavy (non-hydrogen) atoms. The van der Waals surface area contributed by atoms with Crippen molar-refractivity contribution in [3.05, 3.63) is 94.0 Å². The standard InChI is InChI=1S/C27H23BrN4O6/c28-20-9-7-19(8-10-20)27(36)38-21-11-5-18(6-12-21)17-29-31-25(34)24(33)30-23-4-2-1-3-22(23)26(35)32-13-15-37-16-14-32/h1-12,17H,13-16H2,(H,30,33)(H,31,34). The lowest BCUT2D eigenvalue weighted by molar-refractivity contribution is -0.136. The summed E-state index contributed by atoms with van der Waals surface area (Å²) in [5.41, 5.74) is 3.66. The zero-order chi connectivity index (χ0) is 26.9. The first-order valence-electron chi connectivity index (χ1n) is 11.6. The summed E-state index contributed by atoms with van der Waals surface area (Å²) in [6, 6.07) is 19.7. The lowest BCUT2D eigenvalue weighted by Crippen LogP contribution is -2.41. The zero-order valence-corrected chi connectivity index (χ0v) is 21.6. The van der Waals surface area contributed by atoms with Crippen LogP contribution in [0.15, 0.2) is 82.4 Å². The third-order valence-corrected chi connectivity index (χ3v) is 5.99.